The van der Waals surface area contributed by atoms with Crippen molar-refractivity contribution in [2.75, 3.05) is 24.6 Å². The zero-order valence-electron chi connectivity index (χ0n) is 16.7. The summed E-state index contributed by atoms with van der Waals surface area (Å²) in [6.07, 6.45) is 9.99. The van der Waals surface area contributed by atoms with Crippen LogP contribution in [0.25, 0.3) is 11.3 Å². The minimum absolute atomic E-state index is 0.586. The van der Waals surface area contributed by atoms with Crippen molar-refractivity contribution < 1.29 is 4.74 Å². The first kappa shape index (κ1) is 19.3. The summed E-state index contributed by atoms with van der Waals surface area (Å²) in [6, 6.07) is 8.08. The topological polar surface area (TPSA) is 79.8 Å². The molecule has 3 heterocycles. The fourth-order valence-electron chi connectivity index (χ4n) is 4.57. The second kappa shape index (κ2) is 8.60. The van der Waals surface area contributed by atoms with Gasteiger partial charge in [0.25, 0.3) is 0 Å². The number of hydrogen-bond acceptors (Lipinski definition) is 6. The van der Waals surface area contributed by atoms with Gasteiger partial charge in [0.2, 0.25) is 5.95 Å². The minimum atomic E-state index is 0.586. The molecule has 156 valence electrons. The molecule has 0 spiro atoms. The van der Waals surface area contributed by atoms with Crippen molar-refractivity contribution in [3.05, 3.63) is 47.9 Å². The summed E-state index contributed by atoms with van der Waals surface area (Å²) in [5.74, 6) is 4.20. The van der Waals surface area contributed by atoms with Crippen LogP contribution in [0.5, 0.6) is 5.75 Å². The third-order valence-electron chi connectivity index (χ3n) is 6.35. The Morgan fingerprint density at radius 2 is 1.83 bits per heavy atom. The molecule has 5 rings (SSSR count). The Kier molecular flexibility index (Phi) is 5.53. The first-order valence-electron chi connectivity index (χ1n) is 10.6. The number of aromatic amines is 1. The minimum Gasteiger partial charge on any atom is -0.494 e. The van der Waals surface area contributed by atoms with Gasteiger partial charge < -0.3 is 9.64 Å². The van der Waals surface area contributed by atoms with E-state index in [0.29, 0.717) is 5.02 Å². The zero-order chi connectivity index (χ0) is 20.3. The van der Waals surface area contributed by atoms with Crippen molar-refractivity contribution in [3.8, 4) is 17.0 Å². The third kappa shape index (κ3) is 4.41. The van der Waals surface area contributed by atoms with Crippen molar-refractivity contribution in [3.63, 3.8) is 0 Å². The molecule has 3 aromatic rings. The molecule has 2 aliphatic rings. The normalized spacial score (nSPS) is 21.6. The monoisotopic (exact) mass is 424 g/mol. The Morgan fingerprint density at radius 3 is 2.53 bits per heavy atom. The van der Waals surface area contributed by atoms with E-state index in [1.54, 1.807) is 18.6 Å². The number of hydrogen-bond donors (Lipinski definition) is 1. The van der Waals surface area contributed by atoms with Gasteiger partial charge in [-0.3, -0.25) is 5.10 Å². The lowest BCUT2D eigenvalue weighted by Gasteiger charge is -2.32. The second-order valence-electron chi connectivity index (χ2n) is 8.22. The van der Waals surface area contributed by atoms with E-state index in [4.69, 9.17) is 16.3 Å². The molecule has 0 amide bonds. The maximum atomic E-state index is 5.97. The molecular weight excluding hydrogens is 400 g/mol. The molecule has 1 N–H and O–H groups in total. The number of anilines is 1. The predicted molar refractivity (Wildman–Crippen MR) is 116 cm³/mol. The highest BCUT2D eigenvalue weighted by Crippen LogP contribution is 2.49. The van der Waals surface area contributed by atoms with Crippen molar-refractivity contribution in [2.24, 2.45) is 17.8 Å². The highest BCUT2D eigenvalue weighted by Gasteiger charge is 2.43. The number of benzene rings is 1. The summed E-state index contributed by atoms with van der Waals surface area (Å²) in [5.41, 5.74) is 1.97. The summed E-state index contributed by atoms with van der Waals surface area (Å²) in [4.78, 5) is 11.0. The fourth-order valence-corrected chi connectivity index (χ4v) is 4.67. The van der Waals surface area contributed by atoms with Gasteiger partial charge in [0.1, 0.15) is 5.75 Å². The molecule has 1 saturated heterocycles. The van der Waals surface area contributed by atoms with E-state index in [1.807, 2.05) is 24.3 Å². The molecule has 1 aliphatic carbocycles. The Hall–Kier alpha value is -2.67. The maximum absolute atomic E-state index is 5.97. The molecule has 0 radical (unpaired) electrons. The number of piperidine rings is 1. The van der Waals surface area contributed by atoms with Crippen LogP contribution in [0.3, 0.4) is 0 Å². The molecule has 1 aromatic carbocycles. The van der Waals surface area contributed by atoms with Crippen LogP contribution in [0.1, 0.15) is 25.7 Å². The lowest BCUT2D eigenvalue weighted by Crippen LogP contribution is -2.35. The Bertz CT molecular complexity index is 939. The maximum Gasteiger partial charge on any atom is 0.225 e. The van der Waals surface area contributed by atoms with Gasteiger partial charge in [0.05, 0.1) is 35.9 Å². The van der Waals surface area contributed by atoms with Gasteiger partial charge in [-0.25, -0.2) is 9.97 Å². The molecule has 0 bridgehead atoms. The van der Waals surface area contributed by atoms with Crippen LogP contribution in [-0.4, -0.2) is 45.1 Å². The molecule has 2 unspecified atom stereocenters. The molecule has 2 aromatic heterocycles. The largest absolute Gasteiger partial charge is 0.494 e. The highest BCUT2D eigenvalue weighted by atomic mass is 35.5. The predicted octanol–water partition coefficient (Wildman–Crippen LogP) is 4.24. The Morgan fingerprint density at radius 1 is 1.07 bits per heavy atom. The fraction of sp³-hybridized carbons (Fsp3) is 0.455. The van der Waals surface area contributed by atoms with Crippen molar-refractivity contribution in [2.45, 2.75) is 25.7 Å². The zero-order valence-corrected chi connectivity index (χ0v) is 17.5. The molecule has 7 nitrogen and oxygen atoms in total. The van der Waals surface area contributed by atoms with Crippen LogP contribution in [0.2, 0.25) is 5.02 Å². The first-order chi connectivity index (χ1) is 14.8. The van der Waals surface area contributed by atoms with Gasteiger partial charge in [-0.1, -0.05) is 16.8 Å². The third-order valence-corrected chi connectivity index (χ3v) is 6.54. The van der Waals surface area contributed by atoms with E-state index in [9.17, 15) is 0 Å². The molecule has 2 fully saturated rings. The van der Waals surface area contributed by atoms with Crippen molar-refractivity contribution in [1.29, 1.82) is 0 Å². The molecule has 1 aliphatic heterocycles. The number of halogens is 1. The van der Waals surface area contributed by atoms with Crippen LogP contribution >= 0.6 is 11.6 Å². The number of nitrogens with one attached hydrogen (secondary N) is 1. The van der Waals surface area contributed by atoms with E-state index in [-0.39, 0.29) is 0 Å². The average Bonchev–Trinajstić information content (AvgIpc) is 3.34. The van der Waals surface area contributed by atoms with Gasteiger partial charge in [0.15, 0.2) is 0 Å². The summed E-state index contributed by atoms with van der Waals surface area (Å²) in [7, 11) is 0. The summed E-state index contributed by atoms with van der Waals surface area (Å²) >= 11 is 5.89. The molecular formula is C22H25ClN6O. The molecule has 1 saturated carbocycles. The lowest BCUT2D eigenvalue weighted by atomic mass is 9.90. The van der Waals surface area contributed by atoms with Gasteiger partial charge in [-0.05, 0) is 67.7 Å². The second-order valence-corrected chi connectivity index (χ2v) is 8.65. The van der Waals surface area contributed by atoms with Crippen LogP contribution in [0.15, 0.2) is 42.9 Å². The molecule has 2 atom stereocenters. The standard InChI is InChI=1S/C22H25ClN6O/c23-18-12-24-22(25-13-18)29-8-5-15(6-9-29)20-11-17(20)7-10-30-19-3-1-16(2-4-19)21-14-26-28-27-21/h1-4,12-15,17,20H,5-11H2,(H,26,27,28). The van der Waals surface area contributed by atoms with E-state index in [0.717, 1.165) is 66.8 Å². The summed E-state index contributed by atoms with van der Waals surface area (Å²) in [5, 5.41) is 11.0. The van der Waals surface area contributed by atoms with Crippen LogP contribution in [-0.2, 0) is 0 Å². The van der Waals surface area contributed by atoms with E-state index in [1.165, 1.54) is 19.3 Å². The van der Waals surface area contributed by atoms with Crippen LogP contribution in [0, 0.1) is 17.8 Å². The van der Waals surface area contributed by atoms with Gasteiger partial charge >= 0.3 is 0 Å². The number of nitrogens with zero attached hydrogens (tertiary/aromatic N) is 5. The number of rotatable bonds is 7. The van der Waals surface area contributed by atoms with Crippen LogP contribution < -0.4 is 9.64 Å². The summed E-state index contributed by atoms with van der Waals surface area (Å²) in [6.45, 7) is 2.85. The van der Waals surface area contributed by atoms with Gasteiger partial charge in [-0.15, -0.1) is 5.10 Å². The van der Waals surface area contributed by atoms with E-state index >= 15 is 0 Å². The lowest BCUT2D eigenvalue weighted by molar-refractivity contribution is 0.284. The smallest absolute Gasteiger partial charge is 0.225 e. The van der Waals surface area contributed by atoms with E-state index in [2.05, 4.69) is 30.3 Å². The van der Waals surface area contributed by atoms with Crippen molar-refractivity contribution in [1.82, 2.24) is 25.4 Å². The number of ether oxygens (including phenoxy) is 1. The van der Waals surface area contributed by atoms with Gasteiger partial charge in [0, 0.05) is 18.7 Å². The Balaban J connectivity index is 1.03. The molecule has 30 heavy (non-hydrogen) atoms. The van der Waals surface area contributed by atoms with Gasteiger partial charge in [-0.2, -0.15) is 0 Å². The number of H-pyrrole nitrogens is 1. The quantitative estimate of drug-likeness (QED) is 0.611. The average molecular weight is 425 g/mol. The number of aromatic nitrogens is 5. The molecule has 8 heteroatoms. The highest BCUT2D eigenvalue weighted by molar-refractivity contribution is 6.30. The van der Waals surface area contributed by atoms with E-state index < -0.39 is 0 Å². The first-order valence-corrected chi connectivity index (χ1v) is 11.0. The summed E-state index contributed by atoms with van der Waals surface area (Å²) < 4.78 is 5.97. The SMILES string of the molecule is Clc1cnc(N2CCC(C3CC3CCOc3ccc(-c4cnn[nH]4)cc3)CC2)nc1. The Labute approximate surface area is 180 Å². The van der Waals surface area contributed by atoms with Crippen LogP contribution in [0.4, 0.5) is 5.95 Å². The van der Waals surface area contributed by atoms with Crippen molar-refractivity contribution >= 4 is 17.5 Å².